The molecule has 1 unspecified atom stereocenters. The number of benzene rings is 1. The highest BCUT2D eigenvalue weighted by atomic mass is 32.1. The van der Waals surface area contributed by atoms with Crippen LogP contribution in [0, 0.1) is 18.8 Å². The van der Waals surface area contributed by atoms with Crippen LogP contribution >= 0.6 is 11.3 Å². The Morgan fingerprint density at radius 1 is 1.45 bits per heavy atom. The summed E-state index contributed by atoms with van der Waals surface area (Å²) < 4.78 is 1.09. The van der Waals surface area contributed by atoms with Crippen LogP contribution in [0.2, 0.25) is 0 Å². The lowest BCUT2D eigenvalue weighted by atomic mass is 9.96. The molecule has 0 aliphatic heterocycles. The van der Waals surface area contributed by atoms with Crippen molar-refractivity contribution in [2.45, 2.75) is 27.2 Å². The van der Waals surface area contributed by atoms with Crippen LogP contribution in [-0.2, 0) is 4.79 Å². The van der Waals surface area contributed by atoms with Gasteiger partial charge in [-0.05, 0) is 37.0 Å². The summed E-state index contributed by atoms with van der Waals surface area (Å²) in [6.07, 6.45) is 0.798. The van der Waals surface area contributed by atoms with E-state index in [0.717, 1.165) is 16.6 Å². The predicted molar refractivity (Wildman–Crippen MR) is 85.0 cm³/mol. The summed E-state index contributed by atoms with van der Waals surface area (Å²) >= 11 is 1.50. The van der Waals surface area contributed by atoms with E-state index in [1.165, 1.54) is 16.9 Å². The van der Waals surface area contributed by atoms with Crippen LogP contribution in [0.5, 0.6) is 0 Å². The third kappa shape index (κ3) is 3.55. The number of amides is 1. The molecule has 4 nitrogen and oxygen atoms in total. The monoisotopic (exact) mass is 291 g/mol. The van der Waals surface area contributed by atoms with Crippen LogP contribution in [-0.4, -0.2) is 17.4 Å². The average molecular weight is 291 g/mol. The zero-order chi connectivity index (χ0) is 14.7. The summed E-state index contributed by atoms with van der Waals surface area (Å²) in [6.45, 7) is 6.60. The number of hydrogen-bond donors (Lipinski definition) is 2. The first-order valence-electron chi connectivity index (χ1n) is 6.87. The number of carbonyl (C=O) groups is 1. The molecule has 1 amide bonds. The molecule has 108 valence electrons. The molecule has 1 heterocycles. The third-order valence-electron chi connectivity index (χ3n) is 3.19. The van der Waals surface area contributed by atoms with Crippen molar-refractivity contribution in [2.75, 3.05) is 11.9 Å². The molecule has 0 radical (unpaired) electrons. The number of fused-ring (bicyclic) bond motifs is 1. The normalized spacial score (nSPS) is 12.8. The maximum atomic E-state index is 12.2. The van der Waals surface area contributed by atoms with Crippen molar-refractivity contribution in [3.8, 4) is 0 Å². The van der Waals surface area contributed by atoms with Gasteiger partial charge >= 0.3 is 0 Å². The topological polar surface area (TPSA) is 68.0 Å². The lowest BCUT2D eigenvalue weighted by Gasteiger charge is -2.15. The molecule has 0 aliphatic carbocycles. The van der Waals surface area contributed by atoms with Gasteiger partial charge in [0.1, 0.15) is 0 Å². The quantitative estimate of drug-likeness (QED) is 0.889. The Hall–Kier alpha value is -1.46. The number of aromatic nitrogens is 1. The van der Waals surface area contributed by atoms with Crippen LogP contribution in [0.3, 0.4) is 0 Å². The second kappa shape index (κ2) is 6.33. The smallest absolute Gasteiger partial charge is 0.230 e. The average Bonchev–Trinajstić information content (AvgIpc) is 2.76. The van der Waals surface area contributed by atoms with E-state index >= 15 is 0 Å². The molecule has 20 heavy (non-hydrogen) atoms. The van der Waals surface area contributed by atoms with Crippen molar-refractivity contribution in [3.05, 3.63) is 23.8 Å². The molecule has 2 aromatic rings. The molecule has 5 heteroatoms. The molecule has 1 atom stereocenters. The lowest BCUT2D eigenvalue weighted by Crippen LogP contribution is -2.30. The Labute approximate surface area is 123 Å². The summed E-state index contributed by atoms with van der Waals surface area (Å²) in [5.74, 6) is 0.271. The molecular formula is C15H21N3OS. The first-order chi connectivity index (χ1) is 9.49. The van der Waals surface area contributed by atoms with Crippen LogP contribution in [0.4, 0.5) is 5.13 Å². The van der Waals surface area contributed by atoms with Gasteiger partial charge in [0.25, 0.3) is 0 Å². The van der Waals surface area contributed by atoms with Crippen LogP contribution in [0.15, 0.2) is 18.2 Å². The molecule has 1 aromatic carbocycles. The van der Waals surface area contributed by atoms with Gasteiger partial charge in [0.15, 0.2) is 5.13 Å². The Balaban J connectivity index is 2.12. The summed E-state index contributed by atoms with van der Waals surface area (Å²) in [4.78, 5) is 16.6. The Morgan fingerprint density at radius 3 is 2.85 bits per heavy atom. The maximum Gasteiger partial charge on any atom is 0.230 e. The van der Waals surface area contributed by atoms with E-state index in [0.29, 0.717) is 17.6 Å². The zero-order valence-corrected chi connectivity index (χ0v) is 13.0. The highest BCUT2D eigenvalue weighted by molar-refractivity contribution is 7.22. The van der Waals surface area contributed by atoms with Crippen LogP contribution in [0.25, 0.3) is 10.2 Å². The van der Waals surface area contributed by atoms with E-state index in [9.17, 15) is 4.79 Å². The maximum absolute atomic E-state index is 12.2. The fourth-order valence-corrected chi connectivity index (χ4v) is 3.14. The second-order valence-corrected chi connectivity index (χ2v) is 6.57. The number of aryl methyl sites for hydroxylation is 1. The van der Waals surface area contributed by atoms with Gasteiger partial charge in [-0.15, -0.1) is 0 Å². The summed E-state index contributed by atoms with van der Waals surface area (Å²) in [7, 11) is 0. The SMILES string of the molecule is Cc1ccc2nc(NC(=O)C(CN)CC(C)C)sc2c1. The number of rotatable bonds is 5. The van der Waals surface area contributed by atoms with Gasteiger partial charge in [-0.2, -0.15) is 0 Å². The minimum atomic E-state index is -0.149. The Bertz CT molecular complexity index is 606. The number of nitrogens with zero attached hydrogens (tertiary/aromatic N) is 1. The molecule has 0 bridgehead atoms. The van der Waals surface area contributed by atoms with E-state index < -0.39 is 0 Å². The first kappa shape index (κ1) is 14.9. The van der Waals surface area contributed by atoms with E-state index in [1.54, 1.807) is 0 Å². The predicted octanol–water partition coefficient (Wildman–Crippen LogP) is 3.16. The van der Waals surface area contributed by atoms with E-state index in [-0.39, 0.29) is 11.8 Å². The van der Waals surface area contributed by atoms with Gasteiger partial charge in [0, 0.05) is 6.54 Å². The van der Waals surface area contributed by atoms with Crippen LogP contribution < -0.4 is 11.1 Å². The molecular weight excluding hydrogens is 270 g/mol. The van der Waals surface area contributed by atoms with Gasteiger partial charge in [0.05, 0.1) is 16.1 Å². The van der Waals surface area contributed by atoms with Crippen molar-refractivity contribution < 1.29 is 4.79 Å². The third-order valence-corrected chi connectivity index (χ3v) is 4.12. The number of hydrogen-bond acceptors (Lipinski definition) is 4. The Kier molecular flexibility index (Phi) is 4.73. The zero-order valence-electron chi connectivity index (χ0n) is 12.1. The van der Waals surface area contributed by atoms with E-state index in [4.69, 9.17) is 5.73 Å². The summed E-state index contributed by atoms with van der Waals surface area (Å²) in [6, 6.07) is 6.08. The number of nitrogens with one attached hydrogen (secondary N) is 1. The van der Waals surface area contributed by atoms with Gasteiger partial charge in [0.2, 0.25) is 5.91 Å². The largest absolute Gasteiger partial charge is 0.330 e. The van der Waals surface area contributed by atoms with E-state index in [1.807, 2.05) is 19.1 Å². The number of thiazole rings is 1. The van der Waals surface area contributed by atoms with Gasteiger partial charge < -0.3 is 11.1 Å². The minimum absolute atomic E-state index is 0.0306. The molecule has 0 aliphatic rings. The number of carbonyl (C=O) groups excluding carboxylic acids is 1. The van der Waals surface area contributed by atoms with Gasteiger partial charge in [-0.25, -0.2) is 4.98 Å². The van der Waals surface area contributed by atoms with Gasteiger partial charge in [-0.1, -0.05) is 31.3 Å². The van der Waals surface area contributed by atoms with Crippen molar-refractivity contribution in [3.63, 3.8) is 0 Å². The number of anilines is 1. The first-order valence-corrected chi connectivity index (χ1v) is 7.69. The standard InChI is InChI=1S/C15H21N3OS/c1-9(2)6-11(8-16)14(19)18-15-17-12-5-4-10(3)7-13(12)20-15/h4-5,7,9,11H,6,8,16H2,1-3H3,(H,17,18,19). The minimum Gasteiger partial charge on any atom is -0.330 e. The lowest BCUT2D eigenvalue weighted by molar-refractivity contribution is -0.120. The molecule has 0 saturated heterocycles. The number of nitrogens with two attached hydrogens (primary N) is 1. The van der Waals surface area contributed by atoms with Crippen LogP contribution in [0.1, 0.15) is 25.8 Å². The fraction of sp³-hybridized carbons (Fsp3) is 0.467. The molecule has 0 fully saturated rings. The van der Waals surface area contributed by atoms with Crippen molar-refractivity contribution in [1.29, 1.82) is 0 Å². The van der Waals surface area contributed by atoms with E-state index in [2.05, 4.69) is 30.2 Å². The summed E-state index contributed by atoms with van der Waals surface area (Å²) in [5.41, 5.74) is 7.81. The fourth-order valence-electron chi connectivity index (χ4n) is 2.17. The molecule has 3 N–H and O–H groups in total. The van der Waals surface area contributed by atoms with Gasteiger partial charge in [-0.3, -0.25) is 4.79 Å². The van der Waals surface area contributed by atoms with Crippen molar-refractivity contribution in [2.24, 2.45) is 17.6 Å². The Morgan fingerprint density at radius 2 is 2.20 bits per heavy atom. The second-order valence-electron chi connectivity index (χ2n) is 5.54. The van der Waals surface area contributed by atoms with Crippen molar-refractivity contribution >= 4 is 32.6 Å². The molecule has 1 aromatic heterocycles. The molecule has 2 rings (SSSR count). The highest BCUT2D eigenvalue weighted by Crippen LogP contribution is 2.27. The summed E-state index contributed by atoms with van der Waals surface area (Å²) in [5, 5.41) is 3.55. The van der Waals surface area contributed by atoms with Crippen molar-refractivity contribution in [1.82, 2.24) is 4.98 Å². The molecule has 0 saturated carbocycles. The highest BCUT2D eigenvalue weighted by Gasteiger charge is 2.19. The molecule has 0 spiro atoms.